The Bertz CT molecular complexity index is 637. The van der Waals surface area contributed by atoms with E-state index in [0.29, 0.717) is 19.1 Å². The molecule has 1 aromatic rings. The van der Waals surface area contributed by atoms with E-state index in [1.165, 1.54) is 16.9 Å². The molecule has 2 fully saturated rings. The highest BCUT2D eigenvalue weighted by atomic mass is 35.5. The van der Waals surface area contributed by atoms with Crippen molar-refractivity contribution < 1.29 is 8.42 Å². The van der Waals surface area contributed by atoms with Crippen molar-refractivity contribution in [3.05, 3.63) is 23.8 Å². The number of nitrogens with zero attached hydrogens (tertiary/aromatic N) is 2. The van der Waals surface area contributed by atoms with Gasteiger partial charge in [0.25, 0.3) is 0 Å². The molecule has 2 aliphatic heterocycles. The number of rotatable bonds is 2. The molecule has 23 heavy (non-hydrogen) atoms. The molecule has 1 aromatic carbocycles. The van der Waals surface area contributed by atoms with Gasteiger partial charge >= 0.3 is 0 Å². The van der Waals surface area contributed by atoms with E-state index in [1.54, 1.807) is 0 Å². The first kappa shape index (κ1) is 18.4. The van der Waals surface area contributed by atoms with E-state index in [0.717, 1.165) is 19.6 Å². The van der Waals surface area contributed by atoms with Gasteiger partial charge < -0.3 is 15.1 Å². The highest BCUT2D eigenvalue weighted by Gasteiger charge is 2.23. The first-order chi connectivity index (χ1) is 10.5. The van der Waals surface area contributed by atoms with Crippen LogP contribution in [0.4, 0.5) is 11.4 Å². The monoisotopic (exact) mass is 359 g/mol. The van der Waals surface area contributed by atoms with Gasteiger partial charge in [-0.05, 0) is 37.6 Å². The lowest BCUT2D eigenvalue weighted by Gasteiger charge is -2.37. The highest BCUT2D eigenvalue weighted by Crippen LogP contribution is 2.28. The van der Waals surface area contributed by atoms with Crippen LogP contribution in [0.2, 0.25) is 0 Å². The van der Waals surface area contributed by atoms with Gasteiger partial charge in [-0.15, -0.1) is 12.4 Å². The molecule has 1 N–H and O–H groups in total. The van der Waals surface area contributed by atoms with E-state index in [2.05, 4.69) is 47.2 Å². The van der Waals surface area contributed by atoms with Crippen LogP contribution in [0.1, 0.15) is 12.5 Å². The van der Waals surface area contributed by atoms with Crippen molar-refractivity contribution in [3.63, 3.8) is 0 Å². The summed E-state index contributed by atoms with van der Waals surface area (Å²) in [7, 11) is -2.83. The summed E-state index contributed by atoms with van der Waals surface area (Å²) in [5.74, 6) is 0.534. The van der Waals surface area contributed by atoms with E-state index in [-0.39, 0.29) is 23.9 Å². The van der Waals surface area contributed by atoms with Gasteiger partial charge in [0, 0.05) is 50.1 Å². The number of piperazine rings is 1. The summed E-state index contributed by atoms with van der Waals surface area (Å²) >= 11 is 0. The molecule has 0 aromatic heterocycles. The number of hydrogen-bond acceptors (Lipinski definition) is 5. The van der Waals surface area contributed by atoms with E-state index in [4.69, 9.17) is 0 Å². The zero-order valence-electron chi connectivity index (χ0n) is 13.8. The van der Waals surface area contributed by atoms with Crippen LogP contribution in [0, 0.1) is 6.92 Å². The third-order valence-corrected chi connectivity index (χ3v) is 6.31. The number of nitrogens with one attached hydrogen (secondary N) is 1. The SMILES string of the molecule is Cc1cc(N2CCNC[C@@H]2C)ccc1N1CCS(=O)(=O)CC1.Cl. The first-order valence-corrected chi connectivity index (χ1v) is 9.82. The predicted molar refractivity (Wildman–Crippen MR) is 99.0 cm³/mol. The zero-order chi connectivity index (χ0) is 15.7. The Morgan fingerprint density at radius 3 is 2.48 bits per heavy atom. The molecule has 5 nitrogen and oxygen atoms in total. The number of hydrogen-bond donors (Lipinski definition) is 1. The molecule has 0 saturated carbocycles. The van der Waals surface area contributed by atoms with Crippen molar-refractivity contribution in [2.24, 2.45) is 0 Å². The summed E-state index contributed by atoms with van der Waals surface area (Å²) in [4.78, 5) is 4.63. The summed E-state index contributed by atoms with van der Waals surface area (Å²) in [5.41, 5.74) is 3.66. The van der Waals surface area contributed by atoms with Gasteiger partial charge in [-0.2, -0.15) is 0 Å². The Morgan fingerprint density at radius 2 is 1.87 bits per heavy atom. The molecular formula is C16H26ClN3O2S. The van der Waals surface area contributed by atoms with Crippen molar-refractivity contribution in [2.75, 3.05) is 54.0 Å². The number of halogens is 1. The fraction of sp³-hybridized carbons (Fsp3) is 0.625. The predicted octanol–water partition coefficient (Wildman–Crippen LogP) is 1.45. The van der Waals surface area contributed by atoms with Crippen molar-refractivity contribution in [1.82, 2.24) is 5.32 Å². The maximum absolute atomic E-state index is 11.6. The van der Waals surface area contributed by atoms with Crippen LogP contribution in [0.15, 0.2) is 18.2 Å². The van der Waals surface area contributed by atoms with Crippen LogP contribution < -0.4 is 15.1 Å². The lowest BCUT2D eigenvalue weighted by Crippen LogP contribution is -2.50. The molecule has 2 saturated heterocycles. The van der Waals surface area contributed by atoms with Crippen LogP contribution in [0.3, 0.4) is 0 Å². The third kappa shape index (κ3) is 4.11. The molecule has 2 heterocycles. The van der Waals surface area contributed by atoms with Crippen LogP contribution in [0.5, 0.6) is 0 Å². The largest absolute Gasteiger partial charge is 0.369 e. The number of benzene rings is 1. The maximum atomic E-state index is 11.6. The maximum Gasteiger partial charge on any atom is 0.153 e. The summed E-state index contributed by atoms with van der Waals surface area (Å²) in [5, 5.41) is 3.41. The Kier molecular flexibility index (Phi) is 5.81. The average Bonchev–Trinajstić information content (AvgIpc) is 2.48. The summed E-state index contributed by atoms with van der Waals surface area (Å²) in [6.45, 7) is 8.64. The number of aryl methyl sites for hydroxylation is 1. The minimum Gasteiger partial charge on any atom is -0.369 e. The van der Waals surface area contributed by atoms with Gasteiger partial charge in [-0.1, -0.05) is 0 Å². The van der Waals surface area contributed by atoms with E-state index in [9.17, 15) is 8.42 Å². The lowest BCUT2D eigenvalue weighted by atomic mass is 10.1. The zero-order valence-corrected chi connectivity index (χ0v) is 15.4. The number of anilines is 2. The average molecular weight is 360 g/mol. The fourth-order valence-corrected chi connectivity index (χ4v) is 4.55. The highest BCUT2D eigenvalue weighted by molar-refractivity contribution is 7.91. The van der Waals surface area contributed by atoms with Crippen LogP contribution in [-0.2, 0) is 9.84 Å². The second kappa shape index (κ2) is 7.28. The molecule has 0 unspecified atom stereocenters. The van der Waals surface area contributed by atoms with Gasteiger partial charge in [0.05, 0.1) is 11.5 Å². The van der Waals surface area contributed by atoms with Crippen LogP contribution >= 0.6 is 12.4 Å². The van der Waals surface area contributed by atoms with Crippen molar-refractivity contribution in [2.45, 2.75) is 19.9 Å². The summed E-state index contributed by atoms with van der Waals surface area (Å²) < 4.78 is 23.1. The van der Waals surface area contributed by atoms with Crippen molar-refractivity contribution in [1.29, 1.82) is 0 Å². The quantitative estimate of drug-likeness (QED) is 0.866. The smallest absolute Gasteiger partial charge is 0.153 e. The van der Waals surface area contributed by atoms with E-state index < -0.39 is 9.84 Å². The molecule has 3 rings (SSSR count). The Morgan fingerprint density at radius 1 is 1.17 bits per heavy atom. The Labute approximate surface area is 145 Å². The molecule has 0 radical (unpaired) electrons. The normalized spacial score (nSPS) is 24.2. The summed E-state index contributed by atoms with van der Waals surface area (Å²) in [6.07, 6.45) is 0. The third-order valence-electron chi connectivity index (χ3n) is 4.70. The van der Waals surface area contributed by atoms with E-state index >= 15 is 0 Å². The van der Waals surface area contributed by atoms with Crippen molar-refractivity contribution in [3.8, 4) is 0 Å². The molecule has 1 atom stereocenters. The lowest BCUT2D eigenvalue weighted by molar-refractivity contribution is 0.501. The molecule has 0 spiro atoms. The van der Waals surface area contributed by atoms with Gasteiger partial charge in [-0.3, -0.25) is 0 Å². The molecular weight excluding hydrogens is 334 g/mol. The molecule has 2 aliphatic rings. The molecule has 0 amide bonds. The number of sulfone groups is 1. The van der Waals surface area contributed by atoms with Gasteiger partial charge in [-0.25, -0.2) is 8.42 Å². The van der Waals surface area contributed by atoms with Gasteiger partial charge in [0.2, 0.25) is 0 Å². The Balaban J connectivity index is 0.00000192. The second-order valence-electron chi connectivity index (χ2n) is 6.36. The van der Waals surface area contributed by atoms with Crippen molar-refractivity contribution >= 4 is 33.6 Å². The molecule has 0 bridgehead atoms. The topological polar surface area (TPSA) is 52.6 Å². The Hall–Kier alpha value is -0.980. The van der Waals surface area contributed by atoms with Gasteiger partial charge in [0.1, 0.15) is 0 Å². The second-order valence-corrected chi connectivity index (χ2v) is 8.66. The van der Waals surface area contributed by atoms with Crippen LogP contribution in [0.25, 0.3) is 0 Å². The van der Waals surface area contributed by atoms with E-state index in [1.807, 2.05) is 0 Å². The minimum atomic E-state index is -2.83. The minimum absolute atomic E-state index is 0. The molecule has 0 aliphatic carbocycles. The van der Waals surface area contributed by atoms with Crippen LogP contribution in [-0.4, -0.2) is 58.7 Å². The molecule has 7 heteroatoms. The summed E-state index contributed by atoms with van der Waals surface area (Å²) in [6, 6.07) is 7.06. The first-order valence-electron chi connectivity index (χ1n) is 8.00. The fourth-order valence-electron chi connectivity index (χ4n) is 3.35. The van der Waals surface area contributed by atoms with Gasteiger partial charge in [0.15, 0.2) is 9.84 Å². The molecule has 130 valence electrons. The standard InChI is InChI=1S/C16H25N3O2S.ClH/c1-13-11-15(19-6-5-17-12-14(19)2)3-4-16(13)18-7-9-22(20,21)10-8-18;/h3-4,11,14,17H,5-10,12H2,1-2H3;1H/t14-;/m0./s1.